The SMILES string of the molecule is CC(C)OC(=O)c1ccccc1C(=O)O.CC(C)OC(=O)c1ccccc1C(=O)O. The highest BCUT2D eigenvalue weighted by atomic mass is 16.5. The van der Waals surface area contributed by atoms with Crippen molar-refractivity contribution >= 4 is 23.9 Å². The van der Waals surface area contributed by atoms with E-state index in [4.69, 9.17) is 19.7 Å². The fraction of sp³-hybridized carbons (Fsp3) is 0.273. The largest absolute Gasteiger partial charge is 0.478 e. The zero-order valence-corrected chi connectivity index (χ0v) is 17.1. The van der Waals surface area contributed by atoms with Crippen molar-refractivity contribution in [2.24, 2.45) is 0 Å². The van der Waals surface area contributed by atoms with Gasteiger partial charge in [-0.15, -0.1) is 0 Å². The van der Waals surface area contributed by atoms with Gasteiger partial charge in [-0.05, 0) is 52.0 Å². The third kappa shape index (κ3) is 7.38. The minimum absolute atomic E-state index is 0.0387. The van der Waals surface area contributed by atoms with Crippen LogP contribution in [0.2, 0.25) is 0 Å². The van der Waals surface area contributed by atoms with E-state index in [2.05, 4.69) is 0 Å². The number of esters is 2. The summed E-state index contributed by atoms with van der Waals surface area (Å²) in [6.07, 6.45) is -0.529. The highest BCUT2D eigenvalue weighted by molar-refractivity contribution is 6.03. The molecule has 0 fully saturated rings. The summed E-state index contributed by atoms with van der Waals surface area (Å²) in [5.74, 6) is -3.48. The predicted octanol–water partition coefficient (Wildman–Crippen LogP) is 3.90. The molecule has 0 spiro atoms. The van der Waals surface area contributed by atoms with Gasteiger partial charge in [0, 0.05) is 0 Å². The predicted molar refractivity (Wildman–Crippen MR) is 108 cm³/mol. The van der Waals surface area contributed by atoms with Gasteiger partial charge in [0.05, 0.1) is 34.5 Å². The maximum Gasteiger partial charge on any atom is 0.339 e. The van der Waals surface area contributed by atoms with Crippen molar-refractivity contribution in [3.8, 4) is 0 Å². The van der Waals surface area contributed by atoms with Crippen LogP contribution in [0, 0.1) is 0 Å². The Bertz CT molecular complexity index is 839. The van der Waals surface area contributed by atoms with Crippen molar-refractivity contribution in [1.82, 2.24) is 0 Å². The molecule has 0 aliphatic rings. The monoisotopic (exact) mass is 416 g/mol. The smallest absolute Gasteiger partial charge is 0.339 e. The number of hydrogen-bond donors (Lipinski definition) is 2. The van der Waals surface area contributed by atoms with Gasteiger partial charge in [0.25, 0.3) is 0 Å². The number of benzene rings is 2. The Morgan fingerprint density at radius 2 is 0.867 bits per heavy atom. The van der Waals surface area contributed by atoms with Crippen molar-refractivity contribution < 1.29 is 38.9 Å². The van der Waals surface area contributed by atoms with Gasteiger partial charge in [0.15, 0.2) is 0 Å². The second-order valence-corrected chi connectivity index (χ2v) is 6.61. The van der Waals surface area contributed by atoms with Crippen molar-refractivity contribution in [1.29, 1.82) is 0 Å². The Kier molecular flexibility index (Phi) is 9.22. The lowest BCUT2D eigenvalue weighted by atomic mass is 10.1. The molecule has 160 valence electrons. The lowest BCUT2D eigenvalue weighted by molar-refractivity contribution is 0.0363. The van der Waals surface area contributed by atoms with Crippen molar-refractivity contribution in [2.75, 3.05) is 0 Å². The number of carboxylic acid groups (broad SMARTS) is 2. The second-order valence-electron chi connectivity index (χ2n) is 6.61. The van der Waals surface area contributed by atoms with Gasteiger partial charge in [0.1, 0.15) is 0 Å². The Morgan fingerprint density at radius 3 is 1.10 bits per heavy atom. The minimum Gasteiger partial charge on any atom is -0.478 e. The number of ether oxygens (including phenoxy) is 2. The zero-order valence-electron chi connectivity index (χ0n) is 17.1. The maximum atomic E-state index is 11.5. The minimum atomic E-state index is -1.13. The molecule has 8 heteroatoms. The van der Waals surface area contributed by atoms with E-state index in [1.165, 1.54) is 24.3 Å². The van der Waals surface area contributed by atoms with Crippen LogP contribution in [-0.2, 0) is 9.47 Å². The van der Waals surface area contributed by atoms with E-state index in [1.54, 1.807) is 52.0 Å². The second kappa shape index (κ2) is 11.4. The molecule has 2 aromatic carbocycles. The van der Waals surface area contributed by atoms with Gasteiger partial charge in [-0.2, -0.15) is 0 Å². The summed E-state index contributed by atoms with van der Waals surface area (Å²) in [6.45, 7) is 6.84. The molecule has 2 N–H and O–H groups in total. The van der Waals surface area contributed by atoms with Crippen LogP contribution in [-0.4, -0.2) is 46.3 Å². The molecule has 0 saturated heterocycles. The van der Waals surface area contributed by atoms with Crippen LogP contribution in [0.3, 0.4) is 0 Å². The van der Waals surface area contributed by atoms with Gasteiger partial charge in [-0.3, -0.25) is 0 Å². The first-order valence-electron chi connectivity index (χ1n) is 9.11. The van der Waals surface area contributed by atoms with E-state index < -0.39 is 23.9 Å². The molecule has 0 bridgehead atoms. The summed E-state index contributed by atoms with van der Waals surface area (Å²) in [5, 5.41) is 17.7. The van der Waals surface area contributed by atoms with Gasteiger partial charge < -0.3 is 19.7 Å². The molecule has 0 saturated carbocycles. The molecule has 0 radical (unpaired) electrons. The van der Waals surface area contributed by atoms with Crippen molar-refractivity contribution in [2.45, 2.75) is 39.9 Å². The normalized spacial score (nSPS) is 10.1. The third-order valence-electron chi connectivity index (χ3n) is 3.44. The molecular weight excluding hydrogens is 392 g/mol. The Hall–Kier alpha value is -3.68. The molecule has 0 aromatic heterocycles. The van der Waals surface area contributed by atoms with Crippen LogP contribution in [0.1, 0.15) is 69.1 Å². The molecule has 30 heavy (non-hydrogen) atoms. The van der Waals surface area contributed by atoms with Crippen molar-refractivity contribution in [3.63, 3.8) is 0 Å². The summed E-state index contributed by atoms with van der Waals surface area (Å²) in [6, 6.07) is 12.0. The molecule has 0 aliphatic carbocycles. The Labute approximate surface area is 174 Å². The first kappa shape index (κ1) is 24.4. The summed E-state index contributed by atoms with van der Waals surface area (Å²) < 4.78 is 9.85. The van der Waals surface area contributed by atoms with E-state index in [0.29, 0.717) is 0 Å². The fourth-order valence-corrected chi connectivity index (χ4v) is 2.25. The number of carbonyl (C=O) groups excluding carboxylic acids is 2. The summed E-state index contributed by atoms with van der Waals surface area (Å²) in [5.41, 5.74) is 0.0868. The molecular formula is C22H24O8. The van der Waals surface area contributed by atoms with Gasteiger partial charge in [0.2, 0.25) is 0 Å². The Balaban J connectivity index is 0.000000300. The Morgan fingerprint density at radius 1 is 0.600 bits per heavy atom. The van der Waals surface area contributed by atoms with E-state index in [-0.39, 0.29) is 34.5 Å². The van der Waals surface area contributed by atoms with Crippen LogP contribution in [0.15, 0.2) is 48.5 Å². The van der Waals surface area contributed by atoms with Gasteiger partial charge in [-0.1, -0.05) is 24.3 Å². The quantitative estimate of drug-likeness (QED) is 0.679. The van der Waals surface area contributed by atoms with Crippen LogP contribution >= 0.6 is 0 Å². The molecule has 8 nitrogen and oxygen atoms in total. The van der Waals surface area contributed by atoms with Crippen LogP contribution in [0.25, 0.3) is 0 Å². The molecule has 2 rings (SSSR count). The number of hydrogen-bond acceptors (Lipinski definition) is 6. The van der Waals surface area contributed by atoms with Crippen LogP contribution in [0.4, 0.5) is 0 Å². The number of rotatable bonds is 6. The molecule has 0 amide bonds. The lowest BCUT2D eigenvalue weighted by Gasteiger charge is -2.09. The molecule has 0 aliphatic heterocycles. The highest BCUT2D eigenvalue weighted by Crippen LogP contribution is 2.12. The zero-order chi connectivity index (χ0) is 22.8. The summed E-state index contributed by atoms with van der Waals surface area (Å²) in [7, 11) is 0. The number of aromatic carboxylic acids is 2. The molecule has 0 heterocycles. The molecule has 0 atom stereocenters. The molecule has 2 aromatic rings. The van der Waals surface area contributed by atoms with E-state index in [0.717, 1.165) is 0 Å². The maximum absolute atomic E-state index is 11.5. The van der Waals surface area contributed by atoms with Crippen LogP contribution in [0.5, 0.6) is 0 Å². The highest BCUT2D eigenvalue weighted by Gasteiger charge is 2.18. The first-order valence-corrected chi connectivity index (χ1v) is 9.11. The van der Waals surface area contributed by atoms with Gasteiger partial charge in [-0.25, -0.2) is 19.2 Å². The van der Waals surface area contributed by atoms with Crippen molar-refractivity contribution in [3.05, 3.63) is 70.8 Å². The van der Waals surface area contributed by atoms with E-state index in [9.17, 15) is 19.2 Å². The summed E-state index contributed by atoms with van der Waals surface area (Å²) >= 11 is 0. The van der Waals surface area contributed by atoms with Crippen LogP contribution < -0.4 is 0 Å². The average molecular weight is 416 g/mol. The van der Waals surface area contributed by atoms with E-state index in [1.807, 2.05) is 0 Å². The van der Waals surface area contributed by atoms with Gasteiger partial charge >= 0.3 is 23.9 Å². The standard InChI is InChI=1S/2C11H12O4/c2*1-7(2)15-11(14)9-6-4-3-5-8(9)10(12)13/h2*3-7H,1-2H3,(H,12,13). The third-order valence-corrected chi connectivity index (χ3v) is 3.44. The fourth-order valence-electron chi connectivity index (χ4n) is 2.25. The topological polar surface area (TPSA) is 127 Å². The van der Waals surface area contributed by atoms with E-state index >= 15 is 0 Å². The summed E-state index contributed by atoms with van der Waals surface area (Å²) in [4.78, 5) is 44.6. The lowest BCUT2D eigenvalue weighted by Crippen LogP contribution is -2.15. The average Bonchev–Trinajstić information content (AvgIpc) is 2.67. The first-order chi connectivity index (χ1) is 14.0. The number of carboxylic acids is 2. The molecule has 0 unspecified atom stereocenters. The number of carbonyl (C=O) groups is 4.